The summed E-state index contributed by atoms with van der Waals surface area (Å²) in [5.41, 5.74) is 6.71. The Hall–Kier alpha value is -3.49. The first-order chi connectivity index (χ1) is 17.0. The lowest BCUT2D eigenvalue weighted by Crippen LogP contribution is -2.51. The molecule has 2 fully saturated rings. The van der Waals surface area contributed by atoms with Gasteiger partial charge in [-0.15, -0.1) is 0 Å². The fourth-order valence-electron chi connectivity index (χ4n) is 4.75. The van der Waals surface area contributed by atoms with Gasteiger partial charge in [-0.3, -0.25) is 19.4 Å². The van der Waals surface area contributed by atoms with E-state index in [0.29, 0.717) is 49.8 Å². The van der Waals surface area contributed by atoms with Crippen LogP contribution < -0.4 is 10.5 Å². The van der Waals surface area contributed by atoms with Crippen LogP contribution in [0.1, 0.15) is 64.8 Å². The molecule has 2 aliphatic rings. The van der Waals surface area contributed by atoms with Gasteiger partial charge in [0.1, 0.15) is 0 Å². The van der Waals surface area contributed by atoms with Gasteiger partial charge in [-0.05, 0) is 30.0 Å². The largest absolute Gasteiger partial charge is 0.478 e. The summed E-state index contributed by atoms with van der Waals surface area (Å²) in [6, 6.07) is 5.09. The lowest BCUT2D eigenvalue weighted by atomic mass is 9.87. The third kappa shape index (κ3) is 6.77. The Morgan fingerprint density at radius 1 is 0.943 bits per heavy atom. The van der Waals surface area contributed by atoms with Crippen molar-refractivity contribution in [2.45, 2.75) is 44.9 Å². The second-order valence-electron chi connectivity index (χ2n) is 9.32. The molecular formula is C26H33N5O4. The zero-order valence-corrected chi connectivity index (χ0v) is 20.0. The number of hydrogen-bond acceptors (Lipinski definition) is 6. The maximum atomic E-state index is 12.9. The summed E-state index contributed by atoms with van der Waals surface area (Å²) in [6.45, 7) is 2.45. The maximum Gasteiger partial charge on any atom is 0.255 e. The Kier molecular flexibility index (Phi) is 8.28. The number of nitrogens with two attached hydrogens (primary N) is 1. The molecule has 0 atom stereocenters. The normalized spacial score (nSPS) is 16.7. The van der Waals surface area contributed by atoms with E-state index in [9.17, 15) is 14.4 Å². The highest BCUT2D eigenvalue weighted by molar-refractivity contribution is 5.94. The predicted octanol–water partition coefficient (Wildman–Crippen LogP) is 2.45. The number of carbonyl (C=O) groups is 3. The second-order valence-corrected chi connectivity index (χ2v) is 9.32. The zero-order chi connectivity index (χ0) is 24.6. The molecule has 0 unspecified atom stereocenters. The second kappa shape index (κ2) is 11.8. The molecule has 3 amide bonds. The number of nitrogens with zero attached hydrogens (tertiary/aromatic N) is 4. The van der Waals surface area contributed by atoms with E-state index in [1.54, 1.807) is 40.4 Å². The van der Waals surface area contributed by atoms with E-state index in [1.165, 1.54) is 38.3 Å². The van der Waals surface area contributed by atoms with E-state index >= 15 is 0 Å². The van der Waals surface area contributed by atoms with Crippen molar-refractivity contribution in [2.75, 3.05) is 32.8 Å². The highest BCUT2D eigenvalue weighted by Crippen LogP contribution is 2.26. The minimum Gasteiger partial charge on any atom is -0.478 e. The molecule has 9 heteroatoms. The Balaban J connectivity index is 1.22. The molecular weight excluding hydrogens is 446 g/mol. The van der Waals surface area contributed by atoms with Crippen LogP contribution in [0.15, 0.2) is 36.8 Å². The highest BCUT2D eigenvalue weighted by Gasteiger charge is 2.25. The average molecular weight is 480 g/mol. The SMILES string of the molecule is NC(=O)c1cncc(CC(=O)N2CCN(C(=O)c3ccc(OCCC4CCCCC4)nc3)CC2)c1. The van der Waals surface area contributed by atoms with Crippen molar-refractivity contribution in [3.8, 4) is 5.88 Å². The van der Waals surface area contributed by atoms with Gasteiger partial charge in [-0.2, -0.15) is 0 Å². The molecule has 1 aliphatic carbocycles. The van der Waals surface area contributed by atoms with Crippen LogP contribution in [0.5, 0.6) is 5.88 Å². The first-order valence-electron chi connectivity index (χ1n) is 12.4. The Labute approximate surface area is 205 Å². The van der Waals surface area contributed by atoms with Crippen LogP contribution in [0, 0.1) is 5.92 Å². The molecule has 1 saturated carbocycles. The number of aromatic nitrogens is 2. The molecule has 2 N–H and O–H groups in total. The number of pyridine rings is 2. The molecule has 2 aromatic heterocycles. The molecule has 0 bridgehead atoms. The summed E-state index contributed by atoms with van der Waals surface area (Å²) in [7, 11) is 0. The molecule has 3 heterocycles. The standard InChI is InChI=1S/C26H33N5O4/c27-25(33)22-14-20(16-28-17-22)15-24(32)30-9-11-31(12-10-30)26(34)21-6-7-23(29-18-21)35-13-8-19-4-2-1-3-5-19/h6-7,14,16-19H,1-5,8-13,15H2,(H2,27,33). The van der Waals surface area contributed by atoms with Gasteiger partial charge in [0, 0.05) is 50.8 Å². The minimum absolute atomic E-state index is 0.0723. The van der Waals surface area contributed by atoms with E-state index < -0.39 is 5.91 Å². The van der Waals surface area contributed by atoms with Gasteiger partial charge in [0.25, 0.3) is 5.91 Å². The average Bonchev–Trinajstić information content (AvgIpc) is 2.89. The molecule has 4 rings (SSSR count). The summed E-state index contributed by atoms with van der Waals surface area (Å²) in [6.07, 6.45) is 12.3. The van der Waals surface area contributed by atoms with Crippen molar-refractivity contribution in [1.29, 1.82) is 0 Å². The van der Waals surface area contributed by atoms with Crippen LogP contribution in [-0.4, -0.2) is 70.3 Å². The van der Waals surface area contributed by atoms with Crippen LogP contribution in [0.3, 0.4) is 0 Å². The van der Waals surface area contributed by atoms with E-state index in [1.807, 2.05) is 0 Å². The Morgan fingerprint density at radius 3 is 2.37 bits per heavy atom. The van der Waals surface area contributed by atoms with Gasteiger partial charge in [-0.25, -0.2) is 4.98 Å². The van der Waals surface area contributed by atoms with E-state index in [2.05, 4.69) is 9.97 Å². The summed E-state index contributed by atoms with van der Waals surface area (Å²) < 4.78 is 5.79. The number of rotatable bonds is 8. The Bertz CT molecular complexity index is 1030. The third-order valence-electron chi connectivity index (χ3n) is 6.84. The minimum atomic E-state index is -0.576. The van der Waals surface area contributed by atoms with Gasteiger partial charge in [0.2, 0.25) is 17.7 Å². The molecule has 2 aromatic rings. The fraction of sp³-hybridized carbons (Fsp3) is 0.500. The van der Waals surface area contributed by atoms with Crippen molar-refractivity contribution in [3.05, 3.63) is 53.5 Å². The van der Waals surface area contributed by atoms with E-state index in [4.69, 9.17) is 10.5 Å². The number of piperazine rings is 1. The molecule has 1 aliphatic heterocycles. The highest BCUT2D eigenvalue weighted by atomic mass is 16.5. The first-order valence-corrected chi connectivity index (χ1v) is 12.4. The van der Waals surface area contributed by atoms with Crippen LogP contribution in [0.2, 0.25) is 0 Å². The Morgan fingerprint density at radius 2 is 1.69 bits per heavy atom. The lowest BCUT2D eigenvalue weighted by molar-refractivity contribution is -0.131. The topological polar surface area (TPSA) is 119 Å². The van der Waals surface area contributed by atoms with Crippen molar-refractivity contribution < 1.29 is 19.1 Å². The summed E-state index contributed by atoms with van der Waals surface area (Å²) in [5.74, 6) is 0.552. The van der Waals surface area contributed by atoms with Crippen molar-refractivity contribution in [1.82, 2.24) is 19.8 Å². The smallest absolute Gasteiger partial charge is 0.255 e. The number of hydrogen-bond donors (Lipinski definition) is 1. The third-order valence-corrected chi connectivity index (χ3v) is 6.84. The molecule has 0 aromatic carbocycles. The van der Waals surface area contributed by atoms with Gasteiger partial charge in [0.15, 0.2) is 0 Å². The molecule has 35 heavy (non-hydrogen) atoms. The van der Waals surface area contributed by atoms with Gasteiger partial charge in [0.05, 0.1) is 24.2 Å². The lowest BCUT2D eigenvalue weighted by Gasteiger charge is -2.34. The van der Waals surface area contributed by atoms with E-state index in [0.717, 1.165) is 12.3 Å². The molecule has 1 saturated heterocycles. The summed E-state index contributed by atoms with van der Waals surface area (Å²) in [5, 5.41) is 0. The van der Waals surface area contributed by atoms with Crippen molar-refractivity contribution in [2.24, 2.45) is 11.7 Å². The molecule has 9 nitrogen and oxygen atoms in total. The van der Waals surface area contributed by atoms with Crippen LogP contribution >= 0.6 is 0 Å². The number of carbonyl (C=O) groups excluding carboxylic acids is 3. The van der Waals surface area contributed by atoms with Gasteiger partial charge >= 0.3 is 0 Å². The molecule has 0 radical (unpaired) electrons. The van der Waals surface area contributed by atoms with Gasteiger partial charge in [-0.1, -0.05) is 32.1 Å². The molecule has 186 valence electrons. The van der Waals surface area contributed by atoms with Crippen LogP contribution in [0.4, 0.5) is 0 Å². The number of primary amides is 1. The van der Waals surface area contributed by atoms with Crippen LogP contribution in [-0.2, 0) is 11.2 Å². The predicted molar refractivity (Wildman–Crippen MR) is 130 cm³/mol. The van der Waals surface area contributed by atoms with Crippen LogP contribution in [0.25, 0.3) is 0 Å². The quantitative estimate of drug-likeness (QED) is 0.621. The number of ether oxygens (including phenoxy) is 1. The maximum absolute atomic E-state index is 12.9. The monoisotopic (exact) mass is 479 g/mol. The van der Waals surface area contributed by atoms with Crippen molar-refractivity contribution >= 4 is 17.7 Å². The first kappa shape index (κ1) is 24.6. The number of amides is 3. The van der Waals surface area contributed by atoms with E-state index in [-0.39, 0.29) is 23.8 Å². The summed E-state index contributed by atoms with van der Waals surface area (Å²) in [4.78, 5) is 48.6. The summed E-state index contributed by atoms with van der Waals surface area (Å²) >= 11 is 0. The van der Waals surface area contributed by atoms with Crippen molar-refractivity contribution in [3.63, 3.8) is 0 Å². The zero-order valence-electron chi connectivity index (χ0n) is 20.0. The fourth-order valence-corrected chi connectivity index (χ4v) is 4.75. The van der Waals surface area contributed by atoms with Gasteiger partial charge < -0.3 is 20.3 Å². The molecule has 0 spiro atoms.